The van der Waals surface area contributed by atoms with Crippen LogP contribution in [0.4, 0.5) is 0 Å². The summed E-state index contributed by atoms with van der Waals surface area (Å²) < 4.78 is 5.61. The number of benzene rings is 1. The highest BCUT2D eigenvalue weighted by molar-refractivity contribution is 7.23. The first-order valence-electron chi connectivity index (χ1n) is 6.02. The standard InChI is InChI=1S/C13H21ClOSi/c1-3-4-5-9-12-16(14,15-2)13-10-7-6-8-11-13/h6-8,10-11H,3-5,9,12H2,1-2H3. The monoisotopic (exact) mass is 256 g/mol. The maximum absolute atomic E-state index is 6.64. The summed E-state index contributed by atoms with van der Waals surface area (Å²) in [6.07, 6.45) is 4.98. The van der Waals surface area contributed by atoms with Crippen molar-refractivity contribution in [2.24, 2.45) is 0 Å². The Kier molecular flexibility index (Phi) is 6.10. The van der Waals surface area contributed by atoms with E-state index in [9.17, 15) is 0 Å². The maximum atomic E-state index is 6.64. The van der Waals surface area contributed by atoms with Gasteiger partial charge in [-0.3, -0.25) is 0 Å². The lowest BCUT2D eigenvalue weighted by Gasteiger charge is -2.22. The van der Waals surface area contributed by atoms with Gasteiger partial charge in [0, 0.05) is 7.11 Å². The van der Waals surface area contributed by atoms with Crippen LogP contribution in [0.15, 0.2) is 30.3 Å². The molecular weight excluding hydrogens is 236 g/mol. The van der Waals surface area contributed by atoms with Gasteiger partial charge in [-0.15, -0.1) is 11.1 Å². The first-order valence-corrected chi connectivity index (χ1v) is 9.15. The van der Waals surface area contributed by atoms with Crippen molar-refractivity contribution < 1.29 is 4.43 Å². The van der Waals surface area contributed by atoms with Crippen molar-refractivity contribution in [1.29, 1.82) is 0 Å². The molecule has 0 saturated carbocycles. The topological polar surface area (TPSA) is 9.23 Å². The van der Waals surface area contributed by atoms with E-state index in [1.807, 2.05) is 18.2 Å². The summed E-state index contributed by atoms with van der Waals surface area (Å²) in [4.78, 5) is 0. The van der Waals surface area contributed by atoms with E-state index in [-0.39, 0.29) is 0 Å². The zero-order valence-corrected chi connectivity index (χ0v) is 12.0. The summed E-state index contributed by atoms with van der Waals surface area (Å²) in [7, 11) is -0.435. The molecule has 0 bridgehead atoms. The molecule has 0 saturated heterocycles. The Bertz CT molecular complexity index is 291. The van der Waals surface area contributed by atoms with Crippen molar-refractivity contribution in [3.63, 3.8) is 0 Å². The molecule has 1 unspecified atom stereocenters. The van der Waals surface area contributed by atoms with Crippen LogP contribution in [0.5, 0.6) is 0 Å². The van der Waals surface area contributed by atoms with Crippen molar-refractivity contribution >= 4 is 23.9 Å². The van der Waals surface area contributed by atoms with Gasteiger partial charge in [0.05, 0.1) is 0 Å². The number of hydrogen-bond donors (Lipinski definition) is 0. The second kappa shape index (κ2) is 7.10. The lowest BCUT2D eigenvalue weighted by molar-refractivity contribution is 0.418. The van der Waals surface area contributed by atoms with Crippen molar-refractivity contribution in [1.82, 2.24) is 0 Å². The molecule has 0 amide bonds. The van der Waals surface area contributed by atoms with E-state index in [4.69, 9.17) is 15.5 Å². The molecule has 1 aromatic carbocycles. The first kappa shape index (κ1) is 13.8. The smallest absolute Gasteiger partial charge is 0.322 e. The highest BCUT2D eigenvalue weighted by Crippen LogP contribution is 2.20. The Morgan fingerprint density at radius 2 is 1.81 bits per heavy atom. The summed E-state index contributed by atoms with van der Waals surface area (Å²) in [6, 6.07) is 11.3. The lowest BCUT2D eigenvalue weighted by Crippen LogP contribution is -2.44. The summed E-state index contributed by atoms with van der Waals surface area (Å²) in [6.45, 7) is 2.22. The number of rotatable bonds is 7. The van der Waals surface area contributed by atoms with Gasteiger partial charge in [0.15, 0.2) is 0 Å². The molecule has 0 fully saturated rings. The van der Waals surface area contributed by atoms with Crippen molar-refractivity contribution in [3.05, 3.63) is 30.3 Å². The lowest BCUT2D eigenvalue weighted by atomic mass is 10.2. The zero-order valence-electron chi connectivity index (χ0n) is 10.2. The van der Waals surface area contributed by atoms with Gasteiger partial charge >= 0.3 is 7.63 Å². The molecule has 3 heteroatoms. The summed E-state index contributed by atoms with van der Waals surface area (Å²) in [5, 5.41) is 1.19. The Labute approximate surface area is 105 Å². The molecule has 0 aromatic heterocycles. The molecule has 0 spiro atoms. The minimum absolute atomic E-state index is 1.01. The second-order valence-corrected chi connectivity index (χ2v) is 8.88. The highest BCUT2D eigenvalue weighted by Gasteiger charge is 2.33. The van der Waals surface area contributed by atoms with Crippen LogP contribution >= 0.6 is 11.1 Å². The van der Waals surface area contributed by atoms with Crippen LogP contribution in [0.3, 0.4) is 0 Å². The average molecular weight is 257 g/mol. The van der Waals surface area contributed by atoms with E-state index in [0.717, 1.165) is 6.04 Å². The van der Waals surface area contributed by atoms with E-state index in [1.54, 1.807) is 7.11 Å². The molecule has 1 atom stereocenters. The molecule has 16 heavy (non-hydrogen) atoms. The molecule has 1 nitrogen and oxygen atoms in total. The fourth-order valence-corrected chi connectivity index (χ4v) is 4.73. The Morgan fingerprint density at radius 1 is 1.12 bits per heavy atom. The van der Waals surface area contributed by atoms with Crippen LogP contribution < -0.4 is 5.19 Å². The second-order valence-electron chi connectivity index (χ2n) is 4.11. The quantitative estimate of drug-likeness (QED) is 0.410. The minimum atomic E-state index is -2.18. The Balaban J connectivity index is 2.56. The molecule has 1 aromatic rings. The van der Waals surface area contributed by atoms with Crippen molar-refractivity contribution in [2.75, 3.05) is 7.11 Å². The molecule has 0 aliphatic rings. The molecule has 0 heterocycles. The van der Waals surface area contributed by atoms with Gasteiger partial charge in [-0.25, -0.2) is 0 Å². The first-order chi connectivity index (χ1) is 7.73. The Morgan fingerprint density at radius 3 is 2.38 bits per heavy atom. The zero-order chi connectivity index (χ0) is 11.9. The third-order valence-electron chi connectivity index (χ3n) is 2.88. The summed E-state index contributed by atoms with van der Waals surface area (Å²) >= 11 is 6.64. The van der Waals surface area contributed by atoms with Crippen LogP contribution in [0.25, 0.3) is 0 Å². The average Bonchev–Trinajstić information content (AvgIpc) is 2.35. The predicted octanol–water partition coefficient (Wildman–Crippen LogP) is 3.80. The van der Waals surface area contributed by atoms with Gasteiger partial charge in [-0.05, 0) is 11.2 Å². The molecule has 0 radical (unpaired) electrons. The van der Waals surface area contributed by atoms with E-state index < -0.39 is 7.63 Å². The number of unbranched alkanes of at least 4 members (excludes halogenated alkanes) is 3. The highest BCUT2D eigenvalue weighted by atomic mass is 35.6. The van der Waals surface area contributed by atoms with Gasteiger partial charge < -0.3 is 4.43 Å². The largest absolute Gasteiger partial charge is 0.403 e. The third-order valence-corrected chi connectivity index (χ3v) is 7.40. The van der Waals surface area contributed by atoms with Gasteiger partial charge in [0.1, 0.15) is 0 Å². The van der Waals surface area contributed by atoms with E-state index in [2.05, 4.69) is 19.1 Å². The Hall–Kier alpha value is -0.313. The maximum Gasteiger partial charge on any atom is 0.322 e. The van der Waals surface area contributed by atoms with E-state index >= 15 is 0 Å². The van der Waals surface area contributed by atoms with E-state index in [1.165, 1.54) is 30.9 Å². The molecule has 0 N–H and O–H groups in total. The molecule has 0 aliphatic heterocycles. The van der Waals surface area contributed by atoms with Crippen molar-refractivity contribution in [2.45, 2.75) is 38.7 Å². The number of halogens is 1. The number of hydrogen-bond acceptors (Lipinski definition) is 1. The van der Waals surface area contributed by atoms with Crippen molar-refractivity contribution in [3.8, 4) is 0 Å². The fraction of sp³-hybridized carbons (Fsp3) is 0.538. The van der Waals surface area contributed by atoms with E-state index in [0.29, 0.717) is 0 Å². The molecule has 1 rings (SSSR count). The fourth-order valence-electron chi connectivity index (χ4n) is 1.83. The normalized spacial score (nSPS) is 14.7. The van der Waals surface area contributed by atoms with Crippen LogP contribution in [-0.2, 0) is 4.43 Å². The minimum Gasteiger partial charge on any atom is -0.403 e. The SMILES string of the molecule is CCCCCC[Si](Cl)(OC)c1ccccc1. The van der Waals surface area contributed by atoms with Crippen LogP contribution in [0, 0.1) is 0 Å². The predicted molar refractivity (Wildman–Crippen MR) is 73.6 cm³/mol. The van der Waals surface area contributed by atoms with Crippen LogP contribution in [0.2, 0.25) is 6.04 Å². The molecule has 0 aliphatic carbocycles. The summed E-state index contributed by atoms with van der Waals surface area (Å²) in [5.74, 6) is 0. The third kappa shape index (κ3) is 3.93. The van der Waals surface area contributed by atoms with Gasteiger partial charge in [0.2, 0.25) is 0 Å². The molecular formula is C13H21ClOSi. The van der Waals surface area contributed by atoms with Gasteiger partial charge in [-0.1, -0.05) is 62.9 Å². The van der Waals surface area contributed by atoms with Crippen LogP contribution in [0.1, 0.15) is 32.6 Å². The van der Waals surface area contributed by atoms with Gasteiger partial charge in [-0.2, -0.15) is 0 Å². The summed E-state index contributed by atoms with van der Waals surface area (Å²) in [5.41, 5.74) is 0. The van der Waals surface area contributed by atoms with Gasteiger partial charge in [0.25, 0.3) is 0 Å². The molecule has 90 valence electrons. The van der Waals surface area contributed by atoms with Crippen LogP contribution in [-0.4, -0.2) is 14.7 Å².